The molecular weight excluding hydrogens is 339 g/mol. The third-order valence-corrected chi connectivity index (χ3v) is 4.77. The molecule has 0 fully saturated rings. The summed E-state index contributed by atoms with van der Waals surface area (Å²) in [7, 11) is 0. The first-order valence-corrected chi connectivity index (χ1v) is 8.88. The summed E-state index contributed by atoms with van der Waals surface area (Å²) in [6, 6.07) is 20.8. The van der Waals surface area contributed by atoms with Crippen LogP contribution in [0.5, 0.6) is 0 Å². The van der Waals surface area contributed by atoms with Gasteiger partial charge in [0.05, 0.1) is 12.2 Å². The van der Waals surface area contributed by atoms with Gasteiger partial charge >= 0.3 is 0 Å². The van der Waals surface area contributed by atoms with E-state index < -0.39 is 0 Å². The lowest BCUT2D eigenvalue weighted by Gasteiger charge is -2.25. The van der Waals surface area contributed by atoms with Gasteiger partial charge in [-0.2, -0.15) is 0 Å². The molecule has 1 N–H and O–H groups in total. The van der Waals surface area contributed by atoms with Crippen LogP contribution in [0.2, 0.25) is 0 Å². The third kappa shape index (κ3) is 4.40. The summed E-state index contributed by atoms with van der Waals surface area (Å²) in [5.74, 6) is -0.310. The van der Waals surface area contributed by atoms with Crippen molar-refractivity contribution < 1.29 is 4.39 Å². The predicted octanol–water partition coefficient (Wildman–Crippen LogP) is 5.29. The molecule has 0 aliphatic rings. The van der Waals surface area contributed by atoms with Gasteiger partial charge < -0.3 is 10.2 Å². The normalized spacial score (nSPS) is 10.4. The zero-order valence-corrected chi connectivity index (χ0v) is 14.6. The zero-order chi connectivity index (χ0) is 16.8. The Labute approximate surface area is 150 Å². The Kier molecular flexibility index (Phi) is 5.56. The van der Waals surface area contributed by atoms with Gasteiger partial charge in [-0.25, -0.2) is 4.39 Å². The number of para-hydroxylation sites is 1. The van der Waals surface area contributed by atoms with Crippen molar-refractivity contribution in [1.29, 1.82) is 0 Å². The highest BCUT2D eigenvalue weighted by atomic mass is 32.1. The average Bonchev–Trinajstić information content (AvgIpc) is 3.10. The van der Waals surface area contributed by atoms with Gasteiger partial charge in [-0.05, 0) is 41.4 Å². The van der Waals surface area contributed by atoms with Crippen LogP contribution in [0.15, 0.2) is 72.1 Å². The topological polar surface area (TPSA) is 15.3 Å². The van der Waals surface area contributed by atoms with E-state index in [1.165, 1.54) is 10.9 Å². The maximum atomic E-state index is 13.9. The first-order chi connectivity index (χ1) is 11.7. The number of halogens is 1. The average molecular weight is 356 g/mol. The van der Waals surface area contributed by atoms with Crippen molar-refractivity contribution in [2.45, 2.75) is 13.1 Å². The number of hydrogen-bond donors (Lipinski definition) is 1. The Morgan fingerprint density at radius 3 is 2.42 bits per heavy atom. The van der Waals surface area contributed by atoms with Gasteiger partial charge in [0.1, 0.15) is 5.82 Å². The van der Waals surface area contributed by atoms with Crippen molar-refractivity contribution in [3.05, 3.63) is 88.4 Å². The van der Waals surface area contributed by atoms with E-state index in [0.717, 1.165) is 5.56 Å². The molecule has 0 aliphatic carbocycles. The molecule has 0 atom stereocenters. The number of nitrogens with zero attached hydrogens (tertiary/aromatic N) is 1. The van der Waals surface area contributed by atoms with Crippen molar-refractivity contribution in [3.63, 3.8) is 0 Å². The highest BCUT2D eigenvalue weighted by Crippen LogP contribution is 2.18. The standard InChI is InChI=1S/C19H17FN2S2/c20-17-10-4-5-11-18(17)21-19(23)22(14-16-9-6-12-24-16)13-15-7-2-1-3-8-15/h1-12H,13-14H2,(H,21,23). The third-order valence-electron chi connectivity index (χ3n) is 3.55. The lowest BCUT2D eigenvalue weighted by Crippen LogP contribution is -2.33. The Morgan fingerprint density at radius 2 is 1.71 bits per heavy atom. The molecule has 2 aromatic carbocycles. The molecule has 24 heavy (non-hydrogen) atoms. The maximum Gasteiger partial charge on any atom is 0.174 e. The number of rotatable bonds is 5. The molecule has 2 nitrogen and oxygen atoms in total. The molecule has 0 spiro atoms. The Hall–Kier alpha value is -2.24. The number of thiophene rings is 1. The van der Waals surface area contributed by atoms with Crippen molar-refractivity contribution in [2.24, 2.45) is 0 Å². The quantitative estimate of drug-likeness (QED) is 0.626. The van der Waals surface area contributed by atoms with Crippen LogP contribution >= 0.6 is 23.6 Å². The van der Waals surface area contributed by atoms with Gasteiger partial charge in [0.25, 0.3) is 0 Å². The van der Waals surface area contributed by atoms with Crippen LogP contribution in [-0.2, 0) is 13.1 Å². The summed E-state index contributed by atoms with van der Waals surface area (Å²) >= 11 is 7.23. The Balaban J connectivity index is 1.77. The molecule has 1 aromatic heterocycles. The van der Waals surface area contributed by atoms with Crippen molar-refractivity contribution >= 4 is 34.4 Å². The molecule has 0 amide bonds. The SMILES string of the molecule is Fc1ccccc1NC(=S)N(Cc1ccccc1)Cc1cccs1. The fourth-order valence-electron chi connectivity index (χ4n) is 2.35. The molecule has 3 aromatic rings. The second kappa shape index (κ2) is 8.04. The van der Waals surface area contributed by atoms with Crippen LogP contribution in [0.3, 0.4) is 0 Å². The minimum atomic E-state index is -0.310. The summed E-state index contributed by atoms with van der Waals surface area (Å²) < 4.78 is 13.9. The molecular formula is C19H17FN2S2. The molecule has 0 saturated heterocycles. The highest BCUT2D eigenvalue weighted by Gasteiger charge is 2.13. The second-order valence-electron chi connectivity index (χ2n) is 5.33. The number of benzene rings is 2. The van der Waals surface area contributed by atoms with Crippen LogP contribution in [0.1, 0.15) is 10.4 Å². The molecule has 0 bridgehead atoms. The van der Waals surface area contributed by atoms with Gasteiger partial charge in [-0.3, -0.25) is 0 Å². The first kappa shape index (κ1) is 16.6. The summed E-state index contributed by atoms with van der Waals surface area (Å²) in [6.45, 7) is 1.35. The van der Waals surface area contributed by atoms with Crippen molar-refractivity contribution in [2.75, 3.05) is 5.32 Å². The smallest absolute Gasteiger partial charge is 0.174 e. The van der Waals surface area contributed by atoms with E-state index in [2.05, 4.69) is 23.5 Å². The molecule has 0 aliphatic heterocycles. The molecule has 1 heterocycles. The van der Waals surface area contributed by atoms with Crippen LogP contribution < -0.4 is 5.32 Å². The molecule has 5 heteroatoms. The van der Waals surface area contributed by atoms with E-state index in [1.807, 2.05) is 34.5 Å². The fourth-order valence-corrected chi connectivity index (χ4v) is 3.31. The minimum absolute atomic E-state index is 0.310. The van der Waals surface area contributed by atoms with Gasteiger partial charge in [-0.15, -0.1) is 11.3 Å². The summed E-state index contributed by atoms with van der Waals surface area (Å²) in [5.41, 5.74) is 1.55. The Morgan fingerprint density at radius 1 is 0.958 bits per heavy atom. The van der Waals surface area contributed by atoms with Crippen LogP contribution in [0.4, 0.5) is 10.1 Å². The first-order valence-electron chi connectivity index (χ1n) is 7.59. The molecule has 122 valence electrons. The summed E-state index contributed by atoms with van der Waals surface area (Å²) in [4.78, 5) is 3.26. The number of anilines is 1. The lowest BCUT2D eigenvalue weighted by molar-refractivity contribution is 0.416. The number of thiocarbonyl (C=S) groups is 1. The van der Waals surface area contributed by atoms with E-state index in [0.29, 0.717) is 23.9 Å². The monoisotopic (exact) mass is 356 g/mol. The number of hydrogen-bond acceptors (Lipinski definition) is 2. The predicted molar refractivity (Wildman–Crippen MR) is 103 cm³/mol. The maximum absolute atomic E-state index is 13.9. The zero-order valence-electron chi connectivity index (χ0n) is 13.0. The number of nitrogens with one attached hydrogen (secondary N) is 1. The second-order valence-corrected chi connectivity index (χ2v) is 6.75. The van der Waals surface area contributed by atoms with E-state index in [-0.39, 0.29) is 5.82 Å². The molecule has 3 rings (SSSR count). The van der Waals surface area contributed by atoms with E-state index in [9.17, 15) is 4.39 Å². The lowest BCUT2D eigenvalue weighted by atomic mass is 10.2. The van der Waals surface area contributed by atoms with E-state index in [4.69, 9.17) is 12.2 Å². The largest absolute Gasteiger partial charge is 0.340 e. The summed E-state index contributed by atoms with van der Waals surface area (Å²) in [6.07, 6.45) is 0. The van der Waals surface area contributed by atoms with E-state index in [1.54, 1.807) is 29.5 Å². The van der Waals surface area contributed by atoms with Crippen molar-refractivity contribution in [3.8, 4) is 0 Å². The van der Waals surface area contributed by atoms with Gasteiger partial charge in [-0.1, -0.05) is 48.5 Å². The molecule has 0 radical (unpaired) electrons. The van der Waals surface area contributed by atoms with Crippen LogP contribution in [-0.4, -0.2) is 10.0 Å². The van der Waals surface area contributed by atoms with Gasteiger partial charge in [0.2, 0.25) is 0 Å². The minimum Gasteiger partial charge on any atom is -0.340 e. The molecule has 0 unspecified atom stereocenters. The molecule has 0 saturated carbocycles. The van der Waals surface area contributed by atoms with E-state index >= 15 is 0 Å². The van der Waals surface area contributed by atoms with Crippen molar-refractivity contribution in [1.82, 2.24) is 4.90 Å². The van der Waals surface area contributed by atoms with Gasteiger partial charge in [0, 0.05) is 11.4 Å². The highest BCUT2D eigenvalue weighted by molar-refractivity contribution is 7.80. The van der Waals surface area contributed by atoms with Crippen LogP contribution in [0.25, 0.3) is 0 Å². The summed E-state index contributed by atoms with van der Waals surface area (Å²) in [5, 5.41) is 5.59. The Bertz CT molecular complexity index is 788. The van der Waals surface area contributed by atoms with Crippen LogP contribution in [0, 0.1) is 5.82 Å². The van der Waals surface area contributed by atoms with Gasteiger partial charge in [0.15, 0.2) is 5.11 Å². The fraction of sp³-hybridized carbons (Fsp3) is 0.105.